The maximum Gasteiger partial charge on any atom is 0.416 e. The number of nitrogens with zero attached hydrogens (tertiary/aromatic N) is 1. The van der Waals surface area contributed by atoms with E-state index in [9.17, 15) is 27.9 Å². The van der Waals surface area contributed by atoms with Crippen LogP contribution in [0.15, 0.2) is 65.7 Å². The number of hydrogen-bond donors (Lipinski definition) is 2. The largest absolute Gasteiger partial charge is 0.503 e. The number of pyridine rings is 1. The van der Waals surface area contributed by atoms with Gasteiger partial charge in [0.15, 0.2) is 5.75 Å². The predicted octanol–water partition coefficient (Wildman–Crippen LogP) is 4.49. The van der Waals surface area contributed by atoms with Crippen molar-refractivity contribution < 1.29 is 28.2 Å². The fourth-order valence-electron chi connectivity index (χ4n) is 2.87. The van der Waals surface area contributed by atoms with Gasteiger partial charge < -0.3 is 14.8 Å². The number of carboxylic acid groups (broad SMARTS) is 1. The highest BCUT2D eigenvalue weighted by Crippen LogP contribution is 2.29. The summed E-state index contributed by atoms with van der Waals surface area (Å²) >= 11 is 0. The summed E-state index contributed by atoms with van der Waals surface area (Å²) in [5.41, 5.74) is -0.172. The average Bonchev–Trinajstić information content (AvgIpc) is 2.69. The van der Waals surface area contributed by atoms with Gasteiger partial charge in [0.1, 0.15) is 5.56 Å². The fourth-order valence-corrected chi connectivity index (χ4v) is 2.87. The Balaban J connectivity index is 1.88. The topological polar surface area (TPSA) is 79.5 Å². The zero-order valence-corrected chi connectivity index (χ0v) is 15.4. The quantitative estimate of drug-likeness (QED) is 0.602. The summed E-state index contributed by atoms with van der Waals surface area (Å²) in [5, 5.41) is 18.8. The lowest BCUT2D eigenvalue weighted by Gasteiger charge is -2.11. The van der Waals surface area contributed by atoms with E-state index in [0.717, 1.165) is 35.7 Å². The first-order valence-corrected chi connectivity index (χ1v) is 8.75. The molecule has 154 valence electrons. The molecule has 0 atom stereocenters. The number of benzene rings is 2. The van der Waals surface area contributed by atoms with Crippen LogP contribution in [0.4, 0.5) is 13.2 Å². The monoisotopic (exact) mass is 415 g/mol. The smallest absolute Gasteiger partial charge is 0.416 e. The molecular weight excluding hydrogens is 399 g/mol. The van der Waals surface area contributed by atoms with Crippen LogP contribution in [0, 0.1) is 0 Å². The molecule has 0 saturated heterocycles. The van der Waals surface area contributed by atoms with Crippen LogP contribution >= 0.6 is 0 Å². The van der Waals surface area contributed by atoms with Crippen LogP contribution in [0.2, 0.25) is 0 Å². The van der Waals surface area contributed by atoms with Gasteiger partial charge in [0.2, 0.25) is 5.43 Å². The molecule has 30 heavy (non-hydrogen) atoms. The van der Waals surface area contributed by atoms with Gasteiger partial charge in [0, 0.05) is 12.7 Å². The lowest BCUT2D eigenvalue weighted by Crippen LogP contribution is -2.17. The number of hydrogen-bond acceptors (Lipinski definition) is 3. The number of aromatic hydroxyl groups is 1. The minimum absolute atomic E-state index is 0.168. The highest BCUT2D eigenvalue weighted by Gasteiger charge is 2.29. The first-order valence-electron chi connectivity index (χ1n) is 8.75. The number of aromatic carboxylic acids is 1. The summed E-state index contributed by atoms with van der Waals surface area (Å²) in [6.07, 6.45) is 1.26. The highest BCUT2D eigenvalue weighted by molar-refractivity contribution is 5.87. The van der Waals surface area contributed by atoms with E-state index >= 15 is 0 Å². The van der Waals surface area contributed by atoms with E-state index in [4.69, 9.17) is 5.11 Å². The molecule has 0 unspecified atom stereocenters. The van der Waals surface area contributed by atoms with E-state index < -0.39 is 34.5 Å². The number of alkyl halides is 3. The maximum absolute atomic E-state index is 12.7. The van der Waals surface area contributed by atoms with Crippen LogP contribution in [-0.2, 0) is 12.7 Å². The maximum atomic E-state index is 12.7. The molecule has 0 bridgehead atoms. The van der Waals surface area contributed by atoms with E-state index in [1.165, 1.54) is 16.7 Å². The van der Waals surface area contributed by atoms with Gasteiger partial charge in [-0.2, -0.15) is 13.2 Å². The molecule has 0 fully saturated rings. The molecular formula is C22H16F3NO4. The number of carbonyl (C=O) groups is 1. The molecule has 0 radical (unpaired) electrons. The van der Waals surface area contributed by atoms with E-state index in [2.05, 4.69) is 0 Å². The van der Waals surface area contributed by atoms with Crippen molar-refractivity contribution in [2.45, 2.75) is 12.7 Å². The van der Waals surface area contributed by atoms with Crippen LogP contribution in [0.25, 0.3) is 12.2 Å². The van der Waals surface area contributed by atoms with E-state index in [0.29, 0.717) is 5.56 Å². The minimum atomic E-state index is -4.40. The molecule has 8 heteroatoms. The number of rotatable bonds is 5. The van der Waals surface area contributed by atoms with Crippen LogP contribution in [0.5, 0.6) is 5.75 Å². The van der Waals surface area contributed by atoms with E-state index in [-0.39, 0.29) is 6.54 Å². The van der Waals surface area contributed by atoms with Crippen LogP contribution in [-0.4, -0.2) is 20.7 Å². The molecule has 3 aromatic rings. The summed E-state index contributed by atoms with van der Waals surface area (Å²) in [5.74, 6) is -2.12. The van der Waals surface area contributed by atoms with Crippen LogP contribution in [0.1, 0.15) is 32.6 Å². The summed E-state index contributed by atoms with van der Waals surface area (Å²) in [6.45, 7) is 0.168. The Morgan fingerprint density at radius 1 is 1.00 bits per heavy atom. The van der Waals surface area contributed by atoms with Gasteiger partial charge in [-0.1, -0.05) is 48.6 Å². The van der Waals surface area contributed by atoms with Crippen molar-refractivity contribution in [2.24, 2.45) is 0 Å². The highest BCUT2D eigenvalue weighted by atomic mass is 19.4. The van der Waals surface area contributed by atoms with Gasteiger partial charge in [0.05, 0.1) is 11.8 Å². The predicted molar refractivity (Wildman–Crippen MR) is 105 cm³/mol. The summed E-state index contributed by atoms with van der Waals surface area (Å²) in [6, 6.07) is 11.8. The second-order valence-electron chi connectivity index (χ2n) is 6.52. The molecule has 1 heterocycles. The standard InChI is InChI=1S/C22H16F3NO4/c23-22(24,25)17-9-6-14(7-10-17)5-8-15-3-1-2-4-16(15)11-26-12-18(21(29)30)20(28)19(27)13-26/h1-10,12-13,27H,11H2,(H,29,30). The molecule has 0 aliphatic carbocycles. The Labute approximate surface area is 169 Å². The van der Waals surface area contributed by atoms with Gasteiger partial charge in [-0.15, -0.1) is 0 Å². The molecule has 0 saturated carbocycles. The minimum Gasteiger partial charge on any atom is -0.503 e. The first kappa shape index (κ1) is 20.9. The number of carboxylic acids is 1. The van der Waals surface area contributed by atoms with Gasteiger partial charge in [0.25, 0.3) is 0 Å². The number of aromatic nitrogens is 1. The van der Waals surface area contributed by atoms with Crippen molar-refractivity contribution in [1.29, 1.82) is 0 Å². The van der Waals surface area contributed by atoms with Crippen molar-refractivity contribution in [3.05, 3.63) is 99.0 Å². The van der Waals surface area contributed by atoms with E-state index in [1.54, 1.807) is 36.4 Å². The molecule has 1 aromatic heterocycles. The third-order valence-electron chi connectivity index (χ3n) is 4.39. The molecule has 0 amide bonds. The van der Waals surface area contributed by atoms with Crippen molar-refractivity contribution in [3.8, 4) is 5.75 Å². The summed E-state index contributed by atoms with van der Waals surface area (Å²) in [7, 11) is 0. The Kier molecular flexibility index (Phi) is 5.77. The molecule has 0 spiro atoms. The van der Waals surface area contributed by atoms with E-state index in [1.807, 2.05) is 0 Å². The molecule has 2 N–H and O–H groups in total. The normalized spacial score (nSPS) is 11.7. The third kappa shape index (κ3) is 4.78. The zero-order chi connectivity index (χ0) is 21.9. The van der Waals surface area contributed by atoms with Gasteiger partial charge >= 0.3 is 12.1 Å². The average molecular weight is 415 g/mol. The summed E-state index contributed by atoms with van der Waals surface area (Å²) < 4.78 is 39.4. The zero-order valence-electron chi connectivity index (χ0n) is 15.4. The van der Waals surface area contributed by atoms with Gasteiger partial charge in [-0.25, -0.2) is 4.79 Å². The fraction of sp³-hybridized carbons (Fsp3) is 0.0909. The molecule has 3 rings (SSSR count). The Morgan fingerprint density at radius 3 is 2.30 bits per heavy atom. The molecule has 0 aliphatic rings. The Morgan fingerprint density at radius 2 is 1.67 bits per heavy atom. The Hall–Kier alpha value is -3.81. The molecule has 5 nitrogen and oxygen atoms in total. The van der Waals surface area contributed by atoms with Crippen molar-refractivity contribution in [1.82, 2.24) is 4.57 Å². The third-order valence-corrected chi connectivity index (χ3v) is 4.39. The number of halogens is 3. The lowest BCUT2D eigenvalue weighted by atomic mass is 10.0. The van der Waals surface area contributed by atoms with Crippen LogP contribution < -0.4 is 5.43 Å². The van der Waals surface area contributed by atoms with Crippen molar-refractivity contribution in [3.63, 3.8) is 0 Å². The first-order chi connectivity index (χ1) is 14.1. The summed E-state index contributed by atoms with van der Waals surface area (Å²) in [4.78, 5) is 22.9. The molecule has 0 aliphatic heterocycles. The second kappa shape index (κ2) is 8.28. The van der Waals surface area contributed by atoms with Crippen molar-refractivity contribution in [2.75, 3.05) is 0 Å². The van der Waals surface area contributed by atoms with Gasteiger partial charge in [-0.05, 0) is 28.8 Å². The van der Waals surface area contributed by atoms with Crippen LogP contribution in [0.3, 0.4) is 0 Å². The second-order valence-corrected chi connectivity index (χ2v) is 6.52. The lowest BCUT2D eigenvalue weighted by molar-refractivity contribution is -0.137. The SMILES string of the molecule is O=C(O)c1cn(Cc2ccccc2C=Cc2ccc(C(F)(F)F)cc2)cc(O)c1=O. The van der Waals surface area contributed by atoms with Crippen molar-refractivity contribution >= 4 is 18.1 Å². The van der Waals surface area contributed by atoms with Gasteiger partial charge in [-0.3, -0.25) is 4.79 Å². The molecule has 2 aromatic carbocycles. The Bertz CT molecular complexity index is 1160.